The Kier molecular flexibility index (Phi) is 3.00. The molecular formula is C10H15N5O. The van der Waals surface area contributed by atoms with E-state index in [0.29, 0.717) is 18.1 Å². The Labute approximate surface area is 93.5 Å². The lowest BCUT2D eigenvalue weighted by Crippen LogP contribution is -2.13. The molecule has 1 atom stereocenters. The fourth-order valence-corrected chi connectivity index (χ4v) is 1.56. The van der Waals surface area contributed by atoms with Crippen LogP contribution in [0.5, 0.6) is 0 Å². The molecule has 0 fully saturated rings. The third-order valence-electron chi connectivity index (χ3n) is 2.36. The van der Waals surface area contributed by atoms with Gasteiger partial charge < -0.3 is 14.8 Å². The van der Waals surface area contributed by atoms with E-state index >= 15 is 0 Å². The predicted molar refractivity (Wildman–Crippen MR) is 57.6 cm³/mol. The van der Waals surface area contributed by atoms with Gasteiger partial charge in [0.05, 0.1) is 12.0 Å². The highest BCUT2D eigenvalue weighted by atomic mass is 16.5. The van der Waals surface area contributed by atoms with E-state index in [-0.39, 0.29) is 6.04 Å². The molecule has 86 valence electrons. The van der Waals surface area contributed by atoms with Gasteiger partial charge in [-0.15, -0.1) is 0 Å². The summed E-state index contributed by atoms with van der Waals surface area (Å²) in [6.07, 6.45) is 4.27. The molecule has 2 heterocycles. The molecule has 0 unspecified atom stereocenters. The summed E-state index contributed by atoms with van der Waals surface area (Å²) >= 11 is 0. The molecule has 0 saturated carbocycles. The van der Waals surface area contributed by atoms with Crippen LogP contribution in [-0.2, 0) is 13.0 Å². The van der Waals surface area contributed by atoms with Crippen LogP contribution < -0.4 is 5.73 Å². The zero-order chi connectivity index (χ0) is 11.5. The maximum Gasteiger partial charge on any atom is 0.223 e. The first-order valence-electron chi connectivity index (χ1n) is 5.21. The van der Waals surface area contributed by atoms with Crippen LogP contribution in [0, 0.1) is 6.92 Å². The highest BCUT2D eigenvalue weighted by Crippen LogP contribution is 2.09. The van der Waals surface area contributed by atoms with E-state index in [1.54, 1.807) is 19.4 Å². The average molecular weight is 221 g/mol. The Morgan fingerprint density at radius 3 is 3.00 bits per heavy atom. The minimum Gasteiger partial charge on any atom is -0.340 e. The van der Waals surface area contributed by atoms with Crippen LogP contribution in [0.15, 0.2) is 17.0 Å². The van der Waals surface area contributed by atoms with Crippen LogP contribution in [0.25, 0.3) is 0 Å². The van der Waals surface area contributed by atoms with Crippen LogP contribution in [0.2, 0.25) is 0 Å². The lowest BCUT2D eigenvalue weighted by atomic mass is 10.2. The lowest BCUT2D eigenvalue weighted by Gasteiger charge is -2.09. The summed E-state index contributed by atoms with van der Waals surface area (Å²) in [5, 5.41) is 3.84. The molecule has 0 aliphatic heterocycles. The molecular weight excluding hydrogens is 206 g/mol. The normalized spacial score (nSPS) is 12.9. The second-order valence-electron chi connectivity index (χ2n) is 3.78. The second-order valence-corrected chi connectivity index (χ2v) is 3.78. The molecule has 6 nitrogen and oxygen atoms in total. The largest absolute Gasteiger partial charge is 0.340 e. The number of nitrogens with two attached hydrogens (primary N) is 1. The number of rotatable bonds is 4. The summed E-state index contributed by atoms with van der Waals surface area (Å²) in [6, 6.07) is -0.0190. The van der Waals surface area contributed by atoms with Crippen molar-refractivity contribution in [3.8, 4) is 0 Å². The van der Waals surface area contributed by atoms with Gasteiger partial charge in [0.1, 0.15) is 0 Å². The SMILES string of the molecule is Cc1nc(CCn2cncc2[C@H](C)N)no1. The molecule has 0 amide bonds. The van der Waals surface area contributed by atoms with E-state index in [0.717, 1.165) is 12.2 Å². The monoisotopic (exact) mass is 221 g/mol. The van der Waals surface area contributed by atoms with Crippen molar-refractivity contribution in [3.63, 3.8) is 0 Å². The van der Waals surface area contributed by atoms with E-state index in [9.17, 15) is 0 Å². The van der Waals surface area contributed by atoms with Crippen molar-refractivity contribution in [2.24, 2.45) is 5.73 Å². The fourth-order valence-electron chi connectivity index (χ4n) is 1.56. The molecule has 0 aliphatic rings. The number of hydrogen-bond donors (Lipinski definition) is 1. The summed E-state index contributed by atoms with van der Waals surface area (Å²) in [7, 11) is 0. The second kappa shape index (κ2) is 4.44. The van der Waals surface area contributed by atoms with Crippen molar-refractivity contribution in [3.05, 3.63) is 29.9 Å². The zero-order valence-corrected chi connectivity index (χ0v) is 9.42. The first-order valence-corrected chi connectivity index (χ1v) is 5.21. The lowest BCUT2D eigenvalue weighted by molar-refractivity contribution is 0.386. The number of nitrogens with zero attached hydrogens (tertiary/aromatic N) is 4. The van der Waals surface area contributed by atoms with Gasteiger partial charge in [-0.3, -0.25) is 0 Å². The molecule has 6 heteroatoms. The predicted octanol–water partition coefficient (Wildman–Crippen LogP) is 0.837. The summed E-state index contributed by atoms with van der Waals surface area (Å²) in [6.45, 7) is 4.48. The standard InChI is InChI=1S/C10H15N5O/c1-7(11)9-5-12-6-15(9)4-3-10-13-8(2)16-14-10/h5-7H,3-4,11H2,1-2H3/t7-/m0/s1. The highest BCUT2D eigenvalue weighted by molar-refractivity contribution is 5.03. The quantitative estimate of drug-likeness (QED) is 0.827. The van der Waals surface area contributed by atoms with Crippen LogP contribution in [0.3, 0.4) is 0 Å². The van der Waals surface area contributed by atoms with Gasteiger partial charge in [0, 0.05) is 32.1 Å². The molecule has 2 rings (SSSR count). The molecule has 2 aromatic rings. The third-order valence-corrected chi connectivity index (χ3v) is 2.36. The smallest absolute Gasteiger partial charge is 0.223 e. The Morgan fingerprint density at radius 1 is 1.56 bits per heavy atom. The summed E-state index contributed by atoms with van der Waals surface area (Å²) in [4.78, 5) is 8.22. The average Bonchev–Trinajstić information content (AvgIpc) is 2.83. The summed E-state index contributed by atoms with van der Waals surface area (Å²) in [5.41, 5.74) is 6.84. The first kappa shape index (κ1) is 10.8. The van der Waals surface area contributed by atoms with E-state index in [1.165, 1.54) is 0 Å². The molecule has 2 aromatic heterocycles. The molecule has 0 saturated heterocycles. The molecule has 0 spiro atoms. The van der Waals surface area contributed by atoms with Gasteiger partial charge in [0.2, 0.25) is 5.89 Å². The number of aryl methyl sites for hydroxylation is 3. The molecule has 0 aromatic carbocycles. The third kappa shape index (κ3) is 2.27. The van der Waals surface area contributed by atoms with E-state index in [1.807, 2.05) is 11.5 Å². The minimum atomic E-state index is -0.0190. The van der Waals surface area contributed by atoms with Gasteiger partial charge in [0.15, 0.2) is 5.82 Å². The van der Waals surface area contributed by atoms with Gasteiger partial charge in [-0.25, -0.2) is 4.98 Å². The Hall–Kier alpha value is -1.69. The number of imidazole rings is 1. The first-order chi connectivity index (χ1) is 7.66. The fraction of sp³-hybridized carbons (Fsp3) is 0.500. The molecule has 0 radical (unpaired) electrons. The van der Waals surface area contributed by atoms with Crippen molar-refractivity contribution >= 4 is 0 Å². The Bertz CT molecular complexity index is 459. The van der Waals surface area contributed by atoms with Crippen molar-refractivity contribution in [1.82, 2.24) is 19.7 Å². The van der Waals surface area contributed by atoms with Crippen LogP contribution in [-0.4, -0.2) is 19.7 Å². The van der Waals surface area contributed by atoms with Crippen LogP contribution in [0.1, 0.15) is 30.4 Å². The summed E-state index contributed by atoms with van der Waals surface area (Å²) < 4.78 is 6.91. The molecule has 0 bridgehead atoms. The molecule has 2 N–H and O–H groups in total. The Morgan fingerprint density at radius 2 is 2.38 bits per heavy atom. The topological polar surface area (TPSA) is 82.8 Å². The van der Waals surface area contributed by atoms with Gasteiger partial charge in [-0.2, -0.15) is 4.98 Å². The van der Waals surface area contributed by atoms with Crippen molar-refractivity contribution in [2.45, 2.75) is 32.9 Å². The van der Waals surface area contributed by atoms with E-state index in [2.05, 4.69) is 15.1 Å². The van der Waals surface area contributed by atoms with Gasteiger partial charge in [0.25, 0.3) is 0 Å². The highest BCUT2D eigenvalue weighted by Gasteiger charge is 2.08. The van der Waals surface area contributed by atoms with Crippen LogP contribution in [0.4, 0.5) is 0 Å². The summed E-state index contributed by atoms with van der Waals surface area (Å²) in [5.74, 6) is 1.30. The maximum atomic E-state index is 5.82. The van der Waals surface area contributed by atoms with E-state index in [4.69, 9.17) is 10.3 Å². The maximum absolute atomic E-state index is 5.82. The Balaban J connectivity index is 2.02. The number of hydrogen-bond acceptors (Lipinski definition) is 5. The number of aromatic nitrogens is 4. The van der Waals surface area contributed by atoms with Crippen LogP contribution >= 0.6 is 0 Å². The van der Waals surface area contributed by atoms with Crippen molar-refractivity contribution in [2.75, 3.05) is 0 Å². The van der Waals surface area contributed by atoms with Gasteiger partial charge in [-0.1, -0.05) is 5.16 Å². The van der Waals surface area contributed by atoms with E-state index < -0.39 is 0 Å². The molecule has 0 aliphatic carbocycles. The van der Waals surface area contributed by atoms with Crippen molar-refractivity contribution in [1.29, 1.82) is 0 Å². The van der Waals surface area contributed by atoms with Crippen molar-refractivity contribution < 1.29 is 4.52 Å². The van der Waals surface area contributed by atoms with Gasteiger partial charge >= 0.3 is 0 Å². The van der Waals surface area contributed by atoms with Gasteiger partial charge in [-0.05, 0) is 6.92 Å². The zero-order valence-electron chi connectivity index (χ0n) is 9.42. The molecule has 16 heavy (non-hydrogen) atoms. The minimum absolute atomic E-state index is 0.0190.